The molecular formula is C25H21ClN4O2S. The van der Waals surface area contributed by atoms with E-state index in [9.17, 15) is 4.79 Å². The van der Waals surface area contributed by atoms with Crippen molar-refractivity contribution in [3.8, 4) is 5.75 Å². The van der Waals surface area contributed by atoms with Gasteiger partial charge in [0, 0.05) is 21.6 Å². The number of halogens is 1. The molecule has 0 unspecified atom stereocenters. The Morgan fingerprint density at radius 3 is 2.67 bits per heavy atom. The van der Waals surface area contributed by atoms with Crippen molar-refractivity contribution in [1.29, 1.82) is 0 Å². The number of fused-ring (bicyclic) bond motifs is 2. The predicted molar refractivity (Wildman–Crippen MR) is 131 cm³/mol. The number of amides is 1. The van der Waals surface area contributed by atoms with E-state index in [-0.39, 0.29) is 5.91 Å². The van der Waals surface area contributed by atoms with Gasteiger partial charge in [0.1, 0.15) is 11.4 Å². The molecule has 33 heavy (non-hydrogen) atoms. The number of hydrazone groups is 1. The molecular weight excluding hydrogens is 456 g/mol. The highest BCUT2D eigenvalue weighted by Gasteiger charge is 2.35. The third-order valence-electron chi connectivity index (χ3n) is 5.33. The van der Waals surface area contributed by atoms with Crippen LogP contribution < -0.4 is 20.6 Å². The number of ether oxygens (including phenoxy) is 1. The van der Waals surface area contributed by atoms with E-state index in [1.54, 1.807) is 5.01 Å². The van der Waals surface area contributed by atoms with Crippen LogP contribution in [0.5, 0.6) is 5.75 Å². The first-order valence-corrected chi connectivity index (χ1v) is 12.0. The minimum Gasteiger partial charge on any atom is -0.493 e. The van der Waals surface area contributed by atoms with Crippen molar-refractivity contribution in [1.82, 2.24) is 10.3 Å². The van der Waals surface area contributed by atoms with Crippen LogP contribution in [0, 0.1) is 0 Å². The SMILES string of the molecule is CCOc1ccccc1[C@H]1N=c2ccccc2=C2C(=O)NC(SCc3ccccc3Cl)=NN21. The molecule has 1 amide bonds. The number of amidine groups is 1. The molecule has 2 aliphatic rings. The Hall–Kier alpha value is -3.29. The van der Waals surface area contributed by atoms with Gasteiger partial charge in [0.2, 0.25) is 0 Å². The summed E-state index contributed by atoms with van der Waals surface area (Å²) in [6.45, 7) is 2.47. The molecule has 3 aromatic rings. The van der Waals surface area contributed by atoms with Crippen molar-refractivity contribution in [3.63, 3.8) is 0 Å². The van der Waals surface area contributed by atoms with Crippen LogP contribution >= 0.6 is 23.4 Å². The molecule has 3 aromatic carbocycles. The van der Waals surface area contributed by atoms with Crippen LogP contribution in [0.1, 0.15) is 24.2 Å². The summed E-state index contributed by atoms with van der Waals surface area (Å²) in [7, 11) is 0. The Kier molecular flexibility index (Phi) is 6.07. The Morgan fingerprint density at radius 2 is 1.82 bits per heavy atom. The monoisotopic (exact) mass is 476 g/mol. The Labute approximate surface area is 200 Å². The van der Waals surface area contributed by atoms with E-state index < -0.39 is 6.17 Å². The summed E-state index contributed by atoms with van der Waals surface area (Å²) in [4.78, 5) is 18.2. The summed E-state index contributed by atoms with van der Waals surface area (Å²) in [5.74, 6) is 1.09. The average Bonchev–Trinajstić information content (AvgIpc) is 2.83. The fraction of sp³-hybridized carbons (Fsp3) is 0.160. The number of carbonyl (C=O) groups is 1. The third-order valence-corrected chi connectivity index (χ3v) is 6.62. The second kappa shape index (κ2) is 9.29. The second-order valence-electron chi connectivity index (χ2n) is 7.42. The lowest BCUT2D eigenvalue weighted by Gasteiger charge is -2.34. The Morgan fingerprint density at radius 1 is 1.06 bits per heavy atom. The first-order valence-electron chi connectivity index (χ1n) is 10.6. The maximum atomic E-state index is 13.3. The summed E-state index contributed by atoms with van der Waals surface area (Å²) >= 11 is 7.73. The predicted octanol–water partition coefficient (Wildman–Crippen LogP) is 3.82. The van der Waals surface area contributed by atoms with Crippen molar-refractivity contribution < 1.29 is 9.53 Å². The topological polar surface area (TPSA) is 66.3 Å². The van der Waals surface area contributed by atoms with Crippen molar-refractivity contribution in [3.05, 3.63) is 99.5 Å². The van der Waals surface area contributed by atoms with Gasteiger partial charge in [-0.05, 0) is 30.7 Å². The standard InChI is InChI=1S/C25H21ClN4O2S/c1-2-32-21-14-8-5-11-18(21)23-27-20-13-7-4-10-17(20)22-24(31)28-25(29-30(22)23)33-15-16-9-3-6-12-19(16)26/h3-14,23H,2,15H2,1H3,(H,28,29,31)/t23-/m0/s1. The van der Waals surface area contributed by atoms with Gasteiger partial charge in [-0.1, -0.05) is 78.0 Å². The summed E-state index contributed by atoms with van der Waals surface area (Å²) in [5.41, 5.74) is 2.29. The van der Waals surface area contributed by atoms with E-state index in [0.29, 0.717) is 28.2 Å². The molecule has 5 rings (SSSR count). The normalized spacial score (nSPS) is 16.8. The van der Waals surface area contributed by atoms with E-state index in [4.69, 9.17) is 26.4 Å². The lowest BCUT2D eigenvalue weighted by Crippen LogP contribution is -2.50. The molecule has 1 N–H and O–H groups in total. The molecule has 6 nitrogen and oxygen atoms in total. The van der Waals surface area contributed by atoms with Crippen molar-refractivity contribution in [2.45, 2.75) is 18.8 Å². The minimum atomic E-state index is -0.528. The number of thioether (sulfide) groups is 1. The average molecular weight is 477 g/mol. The van der Waals surface area contributed by atoms with Gasteiger partial charge in [0.05, 0.1) is 12.0 Å². The number of carbonyl (C=O) groups excluding carboxylic acids is 1. The van der Waals surface area contributed by atoms with Crippen LogP contribution in [-0.4, -0.2) is 22.7 Å². The van der Waals surface area contributed by atoms with Gasteiger partial charge in [-0.15, -0.1) is 5.10 Å². The van der Waals surface area contributed by atoms with Gasteiger partial charge in [-0.3, -0.25) is 15.1 Å². The van der Waals surface area contributed by atoms with Gasteiger partial charge in [-0.2, -0.15) is 0 Å². The Bertz CT molecular complexity index is 1370. The molecule has 0 fully saturated rings. The smallest absolute Gasteiger partial charge is 0.276 e. The summed E-state index contributed by atoms with van der Waals surface area (Å²) in [6, 6.07) is 23.0. The van der Waals surface area contributed by atoms with E-state index >= 15 is 0 Å². The highest BCUT2D eigenvalue weighted by atomic mass is 35.5. The number of hydrogen-bond acceptors (Lipinski definition) is 6. The number of para-hydroxylation sites is 2. The number of benzene rings is 3. The lowest BCUT2D eigenvalue weighted by molar-refractivity contribution is -0.116. The van der Waals surface area contributed by atoms with Gasteiger partial charge in [-0.25, -0.2) is 5.01 Å². The van der Waals surface area contributed by atoms with Crippen molar-refractivity contribution in [2.24, 2.45) is 10.1 Å². The van der Waals surface area contributed by atoms with Crippen molar-refractivity contribution in [2.75, 3.05) is 6.61 Å². The molecule has 0 bridgehead atoms. The number of nitrogens with one attached hydrogen (secondary N) is 1. The van der Waals surface area contributed by atoms with Crippen LogP contribution in [0.25, 0.3) is 5.70 Å². The minimum absolute atomic E-state index is 0.215. The first kappa shape index (κ1) is 21.6. The zero-order valence-corrected chi connectivity index (χ0v) is 19.4. The molecule has 2 heterocycles. The molecule has 0 radical (unpaired) electrons. The van der Waals surface area contributed by atoms with Gasteiger partial charge in [0.25, 0.3) is 5.91 Å². The molecule has 8 heteroatoms. The third kappa shape index (κ3) is 4.21. The zero-order chi connectivity index (χ0) is 22.8. The van der Waals surface area contributed by atoms with E-state index in [1.165, 1.54) is 11.8 Å². The molecule has 1 atom stereocenters. The maximum Gasteiger partial charge on any atom is 0.276 e. The number of hydrogen-bond donors (Lipinski definition) is 1. The van der Waals surface area contributed by atoms with Gasteiger partial charge in [0.15, 0.2) is 11.3 Å². The van der Waals surface area contributed by atoms with Crippen LogP contribution in [0.2, 0.25) is 5.02 Å². The van der Waals surface area contributed by atoms with E-state index in [1.807, 2.05) is 79.7 Å². The Balaban J connectivity index is 1.58. The molecule has 166 valence electrons. The molecule has 0 aromatic heterocycles. The quantitative estimate of drug-likeness (QED) is 0.608. The largest absolute Gasteiger partial charge is 0.493 e. The van der Waals surface area contributed by atoms with Crippen LogP contribution in [-0.2, 0) is 10.5 Å². The molecule has 0 spiro atoms. The van der Waals surface area contributed by atoms with Crippen LogP contribution in [0.15, 0.2) is 82.9 Å². The first-order chi connectivity index (χ1) is 16.2. The molecule has 0 aliphatic carbocycles. The molecule has 2 aliphatic heterocycles. The number of rotatable bonds is 5. The fourth-order valence-corrected chi connectivity index (χ4v) is 4.97. The summed E-state index contributed by atoms with van der Waals surface area (Å²) in [5, 5.41) is 12.1. The molecule has 0 saturated heterocycles. The maximum absolute atomic E-state index is 13.3. The second-order valence-corrected chi connectivity index (χ2v) is 8.79. The highest BCUT2D eigenvalue weighted by Crippen LogP contribution is 2.35. The van der Waals surface area contributed by atoms with Crippen LogP contribution in [0.4, 0.5) is 0 Å². The fourth-order valence-electron chi connectivity index (χ4n) is 3.84. The highest BCUT2D eigenvalue weighted by molar-refractivity contribution is 8.13. The van der Waals surface area contributed by atoms with E-state index in [2.05, 4.69) is 5.32 Å². The summed E-state index contributed by atoms with van der Waals surface area (Å²) in [6.07, 6.45) is -0.528. The van der Waals surface area contributed by atoms with Gasteiger partial charge < -0.3 is 4.74 Å². The zero-order valence-electron chi connectivity index (χ0n) is 17.9. The van der Waals surface area contributed by atoms with Crippen molar-refractivity contribution >= 4 is 40.1 Å². The lowest BCUT2D eigenvalue weighted by atomic mass is 10.1. The number of nitrogens with zero attached hydrogens (tertiary/aromatic N) is 3. The van der Waals surface area contributed by atoms with Gasteiger partial charge >= 0.3 is 0 Å². The summed E-state index contributed by atoms with van der Waals surface area (Å²) < 4.78 is 5.87. The molecule has 0 saturated carbocycles. The van der Waals surface area contributed by atoms with Crippen LogP contribution in [0.3, 0.4) is 0 Å². The van der Waals surface area contributed by atoms with E-state index in [0.717, 1.165) is 27.5 Å².